The number of methoxy groups -OCH3 is 2. The summed E-state index contributed by atoms with van der Waals surface area (Å²) in [5, 5.41) is 2.89. The molecule has 0 bridgehead atoms. The minimum absolute atomic E-state index is 0.00828. The van der Waals surface area contributed by atoms with E-state index in [2.05, 4.69) is 5.32 Å². The van der Waals surface area contributed by atoms with Crippen molar-refractivity contribution in [1.29, 1.82) is 0 Å². The average Bonchev–Trinajstić information content (AvgIpc) is 2.91. The molecule has 110 valence electrons. The van der Waals surface area contributed by atoms with E-state index >= 15 is 0 Å². The van der Waals surface area contributed by atoms with Gasteiger partial charge in [-0.3, -0.25) is 4.79 Å². The summed E-state index contributed by atoms with van der Waals surface area (Å²) < 4.78 is 11.4. The van der Waals surface area contributed by atoms with E-state index in [-0.39, 0.29) is 11.8 Å². The summed E-state index contributed by atoms with van der Waals surface area (Å²) in [6.07, 6.45) is 0.402. The quantitative estimate of drug-likeness (QED) is 0.932. The third-order valence-electron chi connectivity index (χ3n) is 3.53. The van der Waals surface area contributed by atoms with Crippen molar-refractivity contribution in [3.63, 3.8) is 0 Å². The molecule has 1 N–H and O–H groups in total. The Labute approximate surface area is 131 Å². The maximum atomic E-state index is 12.0. The number of amides is 1. The highest BCUT2D eigenvalue weighted by molar-refractivity contribution is 7.16. The average molecular weight is 324 g/mol. The van der Waals surface area contributed by atoms with E-state index in [0.717, 1.165) is 20.5 Å². The van der Waals surface area contributed by atoms with Gasteiger partial charge in [0.25, 0.3) is 0 Å². The minimum atomic E-state index is -0.00996. The first kappa shape index (κ1) is 14.2. The van der Waals surface area contributed by atoms with Crippen molar-refractivity contribution < 1.29 is 14.3 Å². The second kappa shape index (κ2) is 5.58. The van der Waals surface area contributed by atoms with E-state index in [1.54, 1.807) is 20.3 Å². The molecule has 3 rings (SSSR count). The van der Waals surface area contributed by atoms with Crippen molar-refractivity contribution in [2.45, 2.75) is 12.3 Å². The van der Waals surface area contributed by atoms with Crippen LogP contribution in [0.2, 0.25) is 4.34 Å². The SMILES string of the molecule is COc1cc2c(cc1OC)[C@@H](c1ccc(Cl)s1)CC(=O)N2. The number of fused-ring (bicyclic) bond motifs is 1. The van der Waals surface area contributed by atoms with Crippen LogP contribution in [-0.2, 0) is 4.79 Å². The predicted octanol–water partition coefficient (Wildman–Crippen LogP) is 3.89. The highest BCUT2D eigenvalue weighted by Crippen LogP contribution is 2.44. The van der Waals surface area contributed by atoms with Crippen molar-refractivity contribution in [2.24, 2.45) is 0 Å². The number of benzene rings is 1. The Morgan fingerprint density at radius 2 is 1.95 bits per heavy atom. The normalized spacial score (nSPS) is 17.1. The van der Waals surface area contributed by atoms with Gasteiger partial charge in [-0.2, -0.15) is 0 Å². The molecule has 1 aromatic heterocycles. The number of thiophene rings is 1. The molecule has 1 amide bonds. The smallest absolute Gasteiger partial charge is 0.225 e. The van der Waals surface area contributed by atoms with E-state index in [1.807, 2.05) is 18.2 Å². The van der Waals surface area contributed by atoms with Crippen LogP contribution in [0.15, 0.2) is 24.3 Å². The van der Waals surface area contributed by atoms with Crippen molar-refractivity contribution in [3.8, 4) is 11.5 Å². The van der Waals surface area contributed by atoms with E-state index in [1.165, 1.54) is 11.3 Å². The zero-order valence-electron chi connectivity index (χ0n) is 11.6. The van der Waals surface area contributed by atoms with Crippen LogP contribution in [0.3, 0.4) is 0 Å². The number of anilines is 1. The lowest BCUT2D eigenvalue weighted by Crippen LogP contribution is -2.23. The van der Waals surface area contributed by atoms with Gasteiger partial charge in [0.15, 0.2) is 11.5 Å². The topological polar surface area (TPSA) is 47.6 Å². The van der Waals surface area contributed by atoms with Gasteiger partial charge < -0.3 is 14.8 Å². The molecule has 2 aromatic rings. The molecule has 0 spiro atoms. The van der Waals surface area contributed by atoms with Gasteiger partial charge in [0, 0.05) is 29.0 Å². The van der Waals surface area contributed by atoms with Gasteiger partial charge in [-0.05, 0) is 23.8 Å². The first-order valence-corrected chi connectivity index (χ1v) is 7.63. The van der Waals surface area contributed by atoms with Gasteiger partial charge in [-0.1, -0.05) is 11.6 Å². The van der Waals surface area contributed by atoms with E-state index < -0.39 is 0 Å². The standard InChI is InChI=1S/C15H14ClNO3S/c1-19-11-5-8-9(13-3-4-14(16)21-13)6-15(18)17-10(8)7-12(11)20-2/h3-5,7,9H,6H2,1-2H3,(H,17,18)/t9-/m0/s1. The number of nitrogens with one attached hydrogen (secondary N) is 1. The van der Waals surface area contributed by atoms with Crippen molar-refractivity contribution >= 4 is 34.5 Å². The van der Waals surface area contributed by atoms with Crippen LogP contribution >= 0.6 is 22.9 Å². The lowest BCUT2D eigenvalue weighted by molar-refractivity contribution is -0.116. The molecule has 21 heavy (non-hydrogen) atoms. The monoisotopic (exact) mass is 323 g/mol. The van der Waals surface area contributed by atoms with Crippen LogP contribution in [0.25, 0.3) is 0 Å². The molecule has 0 radical (unpaired) electrons. The van der Waals surface area contributed by atoms with Gasteiger partial charge in [0.1, 0.15) is 0 Å². The lowest BCUT2D eigenvalue weighted by Gasteiger charge is -2.26. The molecular weight excluding hydrogens is 310 g/mol. The number of ether oxygens (including phenoxy) is 2. The lowest BCUT2D eigenvalue weighted by atomic mass is 9.89. The van der Waals surface area contributed by atoms with Crippen LogP contribution < -0.4 is 14.8 Å². The molecule has 0 unspecified atom stereocenters. The summed E-state index contributed by atoms with van der Waals surface area (Å²) in [6.45, 7) is 0. The highest BCUT2D eigenvalue weighted by Gasteiger charge is 2.29. The van der Waals surface area contributed by atoms with Gasteiger partial charge >= 0.3 is 0 Å². The fourth-order valence-electron chi connectivity index (χ4n) is 2.56. The number of rotatable bonds is 3. The molecule has 1 aromatic carbocycles. The summed E-state index contributed by atoms with van der Waals surface area (Å²) >= 11 is 7.52. The Hall–Kier alpha value is -1.72. The van der Waals surface area contributed by atoms with Crippen molar-refractivity contribution in [1.82, 2.24) is 0 Å². The van der Waals surface area contributed by atoms with Crippen LogP contribution in [0.4, 0.5) is 5.69 Å². The van der Waals surface area contributed by atoms with Crippen LogP contribution in [0.5, 0.6) is 11.5 Å². The Kier molecular flexibility index (Phi) is 3.78. The Morgan fingerprint density at radius 3 is 2.57 bits per heavy atom. The predicted molar refractivity (Wildman–Crippen MR) is 84.0 cm³/mol. The molecule has 4 nitrogen and oxygen atoms in total. The number of hydrogen-bond donors (Lipinski definition) is 1. The molecular formula is C15H14ClNO3S. The number of halogens is 1. The molecule has 0 aliphatic carbocycles. The molecule has 1 atom stereocenters. The fourth-order valence-corrected chi connectivity index (χ4v) is 3.74. The number of carbonyl (C=O) groups is 1. The Bertz CT molecular complexity index is 698. The van der Waals surface area contributed by atoms with Crippen molar-refractivity contribution in [3.05, 3.63) is 39.0 Å². The summed E-state index contributed by atoms with van der Waals surface area (Å²) in [7, 11) is 3.17. The van der Waals surface area contributed by atoms with E-state index in [4.69, 9.17) is 21.1 Å². The zero-order valence-corrected chi connectivity index (χ0v) is 13.2. The van der Waals surface area contributed by atoms with Crippen LogP contribution in [-0.4, -0.2) is 20.1 Å². The van der Waals surface area contributed by atoms with Crippen LogP contribution in [0, 0.1) is 0 Å². The van der Waals surface area contributed by atoms with Gasteiger partial charge in [-0.25, -0.2) is 0 Å². The highest BCUT2D eigenvalue weighted by atomic mass is 35.5. The summed E-state index contributed by atoms with van der Waals surface area (Å²) in [5.74, 6) is 1.23. The largest absolute Gasteiger partial charge is 0.493 e. The molecule has 0 saturated carbocycles. The molecule has 0 saturated heterocycles. The third kappa shape index (κ3) is 2.59. The molecule has 1 aliphatic rings. The summed E-state index contributed by atoms with van der Waals surface area (Å²) in [4.78, 5) is 13.0. The second-order valence-electron chi connectivity index (χ2n) is 4.74. The van der Waals surface area contributed by atoms with Crippen molar-refractivity contribution in [2.75, 3.05) is 19.5 Å². The van der Waals surface area contributed by atoms with Gasteiger partial charge in [-0.15, -0.1) is 11.3 Å². The third-order valence-corrected chi connectivity index (χ3v) is 4.88. The van der Waals surface area contributed by atoms with Crippen LogP contribution in [0.1, 0.15) is 22.8 Å². The van der Waals surface area contributed by atoms with Gasteiger partial charge in [0.05, 0.1) is 18.6 Å². The maximum absolute atomic E-state index is 12.0. The second-order valence-corrected chi connectivity index (χ2v) is 6.49. The number of carbonyl (C=O) groups excluding carboxylic acids is 1. The zero-order chi connectivity index (χ0) is 15.0. The summed E-state index contributed by atoms with van der Waals surface area (Å²) in [5.41, 5.74) is 1.78. The maximum Gasteiger partial charge on any atom is 0.225 e. The molecule has 1 aliphatic heterocycles. The first-order valence-electron chi connectivity index (χ1n) is 6.43. The van der Waals surface area contributed by atoms with E-state index in [0.29, 0.717) is 17.9 Å². The number of hydrogen-bond acceptors (Lipinski definition) is 4. The Morgan fingerprint density at radius 1 is 1.24 bits per heavy atom. The minimum Gasteiger partial charge on any atom is -0.493 e. The fraction of sp³-hybridized carbons (Fsp3) is 0.267. The summed E-state index contributed by atoms with van der Waals surface area (Å²) in [6, 6.07) is 7.55. The molecule has 6 heteroatoms. The molecule has 0 fully saturated rings. The van der Waals surface area contributed by atoms with E-state index in [9.17, 15) is 4.79 Å². The van der Waals surface area contributed by atoms with Gasteiger partial charge in [0.2, 0.25) is 5.91 Å². The molecule has 2 heterocycles. The first-order chi connectivity index (χ1) is 10.1. The Balaban J connectivity index is 2.12.